The summed E-state index contributed by atoms with van der Waals surface area (Å²) in [5, 5.41) is 6.46. The van der Waals surface area contributed by atoms with E-state index in [9.17, 15) is 4.79 Å². The molecule has 6 heteroatoms. The number of urea groups is 1. The molecule has 0 aliphatic rings. The molecule has 0 aliphatic carbocycles. The van der Waals surface area contributed by atoms with Crippen LogP contribution < -0.4 is 15.4 Å². The van der Waals surface area contributed by atoms with Crippen LogP contribution in [0, 0.1) is 0 Å². The molecule has 0 radical (unpaired) electrons. The topological polar surface area (TPSA) is 50.4 Å². The quantitative estimate of drug-likeness (QED) is 0.810. The molecule has 0 heterocycles. The molecule has 0 fully saturated rings. The van der Waals surface area contributed by atoms with Gasteiger partial charge in [0.15, 0.2) is 0 Å². The van der Waals surface area contributed by atoms with Gasteiger partial charge in [-0.3, -0.25) is 0 Å². The third-order valence-corrected chi connectivity index (χ3v) is 3.11. The highest BCUT2D eigenvalue weighted by molar-refractivity contribution is 6.32. The fourth-order valence-electron chi connectivity index (χ4n) is 1.63. The molecular weight excluding hydrogens is 311 g/mol. The fourth-order valence-corrected chi connectivity index (χ4v) is 2.01. The van der Waals surface area contributed by atoms with Gasteiger partial charge < -0.3 is 15.4 Å². The van der Waals surface area contributed by atoms with E-state index < -0.39 is 0 Å². The minimum absolute atomic E-state index is 0.319. The molecule has 0 spiro atoms. The molecule has 0 atom stereocenters. The first kappa shape index (κ1) is 15.5. The van der Waals surface area contributed by atoms with Gasteiger partial charge in [0.25, 0.3) is 0 Å². The van der Waals surface area contributed by atoms with E-state index in [1.54, 1.807) is 36.4 Å². The average Bonchev–Trinajstić information content (AvgIpc) is 2.45. The summed E-state index contributed by atoms with van der Waals surface area (Å²) in [4.78, 5) is 11.7. The van der Waals surface area contributed by atoms with E-state index in [2.05, 4.69) is 10.6 Å². The van der Waals surface area contributed by atoms with Crippen LogP contribution in [0.3, 0.4) is 0 Å². The second-order valence-electron chi connectivity index (χ2n) is 4.17. The molecule has 0 bridgehead atoms. The van der Waals surface area contributed by atoms with Crippen molar-refractivity contribution in [1.82, 2.24) is 5.32 Å². The molecule has 110 valence electrons. The molecular formula is C15H14Cl2N2O2. The minimum atomic E-state index is -0.319. The third kappa shape index (κ3) is 5.17. The maximum Gasteiger partial charge on any atom is 0.319 e. The molecule has 2 aromatic rings. The highest BCUT2D eigenvalue weighted by atomic mass is 35.5. The number of ether oxygens (including phenoxy) is 1. The summed E-state index contributed by atoms with van der Waals surface area (Å²) >= 11 is 11.8. The number of anilines is 1. The molecule has 21 heavy (non-hydrogen) atoms. The number of para-hydroxylation sites is 1. The minimum Gasteiger partial charge on any atom is -0.490 e. The van der Waals surface area contributed by atoms with Gasteiger partial charge in [-0.25, -0.2) is 4.79 Å². The number of rotatable bonds is 5. The summed E-state index contributed by atoms with van der Waals surface area (Å²) < 4.78 is 5.46. The Morgan fingerprint density at radius 2 is 1.90 bits per heavy atom. The Labute approximate surface area is 133 Å². The molecule has 0 aliphatic heterocycles. The third-order valence-electron chi connectivity index (χ3n) is 2.56. The average molecular weight is 325 g/mol. The molecule has 2 N–H and O–H groups in total. The van der Waals surface area contributed by atoms with Gasteiger partial charge in [-0.2, -0.15) is 0 Å². The van der Waals surface area contributed by atoms with E-state index >= 15 is 0 Å². The van der Waals surface area contributed by atoms with Crippen molar-refractivity contribution in [3.63, 3.8) is 0 Å². The van der Waals surface area contributed by atoms with Crippen LogP contribution in [0.4, 0.5) is 10.5 Å². The number of hydrogen-bond acceptors (Lipinski definition) is 2. The van der Waals surface area contributed by atoms with Gasteiger partial charge >= 0.3 is 6.03 Å². The molecule has 2 aromatic carbocycles. The lowest BCUT2D eigenvalue weighted by Gasteiger charge is -2.10. The maximum atomic E-state index is 11.7. The van der Waals surface area contributed by atoms with Crippen LogP contribution in [-0.2, 0) is 0 Å². The van der Waals surface area contributed by atoms with Gasteiger partial charge in [-0.1, -0.05) is 41.4 Å². The van der Waals surface area contributed by atoms with Crippen molar-refractivity contribution in [2.24, 2.45) is 0 Å². The van der Waals surface area contributed by atoms with Crippen LogP contribution in [0.15, 0.2) is 48.5 Å². The predicted octanol–water partition coefficient (Wildman–Crippen LogP) is 4.19. The summed E-state index contributed by atoms with van der Waals surface area (Å²) in [5.41, 5.74) is 0.632. The Bertz CT molecular complexity index is 620. The van der Waals surface area contributed by atoms with Crippen molar-refractivity contribution >= 4 is 34.9 Å². The van der Waals surface area contributed by atoms with Crippen LogP contribution in [0.5, 0.6) is 5.75 Å². The molecule has 0 aromatic heterocycles. The lowest BCUT2D eigenvalue weighted by Crippen LogP contribution is -2.32. The summed E-state index contributed by atoms with van der Waals surface area (Å²) in [6.45, 7) is 0.685. The van der Waals surface area contributed by atoms with Gasteiger partial charge in [0, 0.05) is 10.7 Å². The van der Waals surface area contributed by atoms with Gasteiger partial charge in [0.2, 0.25) is 0 Å². The van der Waals surface area contributed by atoms with Crippen molar-refractivity contribution in [2.45, 2.75) is 0 Å². The van der Waals surface area contributed by atoms with Crippen molar-refractivity contribution in [3.8, 4) is 5.75 Å². The predicted molar refractivity (Wildman–Crippen MR) is 85.4 cm³/mol. The van der Waals surface area contributed by atoms with E-state index in [-0.39, 0.29) is 6.03 Å². The van der Waals surface area contributed by atoms with E-state index in [0.717, 1.165) is 0 Å². The Kier molecular flexibility index (Phi) is 5.72. The van der Waals surface area contributed by atoms with E-state index in [1.165, 1.54) is 0 Å². The first-order valence-corrected chi connectivity index (χ1v) is 7.08. The van der Waals surface area contributed by atoms with Gasteiger partial charge in [-0.15, -0.1) is 0 Å². The van der Waals surface area contributed by atoms with Crippen LogP contribution >= 0.6 is 23.2 Å². The highest BCUT2D eigenvalue weighted by Crippen LogP contribution is 2.22. The van der Waals surface area contributed by atoms with Crippen LogP contribution in [0.25, 0.3) is 0 Å². The van der Waals surface area contributed by atoms with E-state index in [1.807, 2.05) is 12.1 Å². The normalized spacial score (nSPS) is 10.0. The van der Waals surface area contributed by atoms with Crippen molar-refractivity contribution < 1.29 is 9.53 Å². The van der Waals surface area contributed by atoms with Crippen LogP contribution in [-0.4, -0.2) is 19.2 Å². The number of nitrogens with one attached hydrogen (secondary N) is 2. The Balaban J connectivity index is 1.71. The smallest absolute Gasteiger partial charge is 0.319 e. The SMILES string of the molecule is O=C(NCCOc1ccccc1Cl)Nc1cccc(Cl)c1. The number of benzene rings is 2. The van der Waals surface area contributed by atoms with Crippen molar-refractivity contribution in [2.75, 3.05) is 18.5 Å². The number of halogens is 2. The lowest BCUT2D eigenvalue weighted by atomic mass is 10.3. The van der Waals surface area contributed by atoms with Crippen LogP contribution in [0.1, 0.15) is 0 Å². The number of hydrogen-bond donors (Lipinski definition) is 2. The second kappa shape index (κ2) is 7.76. The Morgan fingerprint density at radius 3 is 2.67 bits per heavy atom. The zero-order chi connectivity index (χ0) is 15.1. The lowest BCUT2D eigenvalue weighted by molar-refractivity contribution is 0.247. The standard InChI is InChI=1S/C15H14Cl2N2O2/c16-11-4-3-5-12(10-11)19-15(20)18-8-9-21-14-7-2-1-6-13(14)17/h1-7,10H,8-9H2,(H2,18,19,20). The summed E-state index contributed by atoms with van der Waals surface area (Å²) in [6, 6.07) is 13.8. The highest BCUT2D eigenvalue weighted by Gasteiger charge is 2.03. The number of amides is 2. The van der Waals surface area contributed by atoms with Crippen LogP contribution in [0.2, 0.25) is 10.0 Å². The zero-order valence-corrected chi connectivity index (χ0v) is 12.6. The molecule has 4 nitrogen and oxygen atoms in total. The Hall–Kier alpha value is -1.91. The zero-order valence-electron chi connectivity index (χ0n) is 11.1. The fraction of sp³-hybridized carbons (Fsp3) is 0.133. The molecule has 2 rings (SSSR count). The summed E-state index contributed by atoms with van der Waals surface area (Å²) in [5.74, 6) is 0.594. The monoisotopic (exact) mass is 324 g/mol. The largest absolute Gasteiger partial charge is 0.490 e. The number of carbonyl (C=O) groups excluding carboxylic acids is 1. The Morgan fingerprint density at radius 1 is 1.10 bits per heavy atom. The maximum absolute atomic E-state index is 11.7. The van der Waals surface area contributed by atoms with Gasteiger partial charge in [0.05, 0.1) is 11.6 Å². The van der Waals surface area contributed by atoms with E-state index in [0.29, 0.717) is 34.6 Å². The summed E-state index contributed by atoms with van der Waals surface area (Å²) in [6.07, 6.45) is 0. The second-order valence-corrected chi connectivity index (χ2v) is 5.01. The first-order chi connectivity index (χ1) is 10.1. The van der Waals surface area contributed by atoms with Crippen molar-refractivity contribution in [1.29, 1.82) is 0 Å². The van der Waals surface area contributed by atoms with Crippen molar-refractivity contribution in [3.05, 3.63) is 58.6 Å². The molecule has 0 unspecified atom stereocenters. The molecule has 0 saturated heterocycles. The molecule has 2 amide bonds. The van der Waals surface area contributed by atoms with Gasteiger partial charge in [-0.05, 0) is 30.3 Å². The number of carbonyl (C=O) groups is 1. The summed E-state index contributed by atoms with van der Waals surface area (Å²) in [7, 11) is 0. The van der Waals surface area contributed by atoms with E-state index in [4.69, 9.17) is 27.9 Å². The molecule has 0 saturated carbocycles. The van der Waals surface area contributed by atoms with Gasteiger partial charge in [0.1, 0.15) is 12.4 Å². The first-order valence-electron chi connectivity index (χ1n) is 6.33.